The lowest BCUT2D eigenvalue weighted by Crippen LogP contribution is -2.34. The number of aromatic nitrogens is 1. The molecule has 2 atom stereocenters. The summed E-state index contributed by atoms with van der Waals surface area (Å²) in [6.07, 6.45) is 4.48. The quantitative estimate of drug-likeness (QED) is 0.590. The largest absolute Gasteiger partial charge is 0.330 e. The van der Waals surface area contributed by atoms with Crippen LogP contribution in [-0.4, -0.2) is 15.8 Å². The molecule has 1 aliphatic carbocycles. The summed E-state index contributed by atoms with van der Waals surface area (Å²) in [6.45, 7) is 2.68. The molecule has 1 amide bonds. The van der Waals surface area contributed by atoms with Crippen molar-refractivity contribution in [1.29, 1.82) is 0 Å². The number of fused-ring (bicyclic) bond motifs is 1. The number of rotatable bonds is 6. The van der Waals surface area contributed by atoms with Crippen molar-refractivity contribution in [3.63, 3.8) is 0 Å². The first-order chi connectivity index (χ1) is 13.7. The third-order valence-electron chi connectivity index (χ3n) is 5.78. The van der Waals surface area contributed by atoms with Gasteiger partial charge in [0.1, 0.15) is 0 Å². The van der Waals surface area contributed by atoms with Crippen molar-refractivity contribution >= 4 is 5.91 Å². The summed E-state index contributed by atoms with van der Waals surface area (Å²) in [7, 11) is 0. The van der Waals surface area contributed by atoms with E-state index in [1.165, 1.54) is 11.1 Å². The molecule has 1 aromatic heterocycles. The van der Waals surface area contributed by atoms with Crippen molar-refractivity contribution in [2.75, 3.05) is 0 Å². The number of hydrogen-bond acceptors (Lipinski definition) is 2. The summed E-state index contributed by atoms with van der Waals surface area (Å²) in [5.41, 5.74) is 4.82. The van der Waals surface area contributed by atoms with Crippen LogP contribution >= 0.6 is 0 Å². The van der Waals surface area contributed by atoms with E-state index in [0.717, 1.165) is 24.1 Å². The molecule has 0 radical (unpaired) electrons. The SMILES string of the molecule is CC(c1ccccn1)N(Cc1ccccc1)C(=O)CC1CCc2ccccc21. The zero-order valence-corrected chi connectivity index (χ0v) is 16.3. The normalized spacial score (nSPS) is 16.4. The Morgan fingerprint density at radius 1 is 1.04 bits per heavy atom. The van der Waals surface area contributed by atoms with E-state index < -0.39 is 0 Å². The lowest BCUT2D eigenvalue weighted by molar-refractivity contribution is -0.134. The maximum absolute atomic E-state index is 13.4. The van der Waals surface area contributed by atoms with Crippen LogP contribution < -0.4 is 0 Å². The number of carbonyl (C=O) groups excluding carboxylic acids is 1. The van der Waals surface area contributed by atoms with Crippen molar-refractivity contribution in [1.82, 2.24) is 9.88 Å². The van der Waals surface area contributed by atoms with E-state index in [1.54, 1.807) is 6.20 Å². The lowest BCUT2D eigenvalue weighted by atomic mass is 9.96. The Hall–Kier alpha value is -2.94. The van der Waals surface area contributed by atoms with Gasteiger partial charge in [0.05, 0.1) is 11.7 Å². The minimum atomic E-state index is -0.0643. The molecular weight excluding hydrogens is 344 g/mol. The number of nitrogens with zero attached hydrogens (tertiary/aromatic N) is 2. The fourth-order valence-electron chi connectivity index (χ4n) is 4.19. The molecule has 0 aliphatic heterocycles. The minimum absolute atomic E-state index is 0.0643. The Morgan fingerprint density at radius 2 is 1.79 bits per heavy atom. The molecule has 4 rings (SSSR count). The maximum Gasteiger partial charge on any atom is 0.224 e. The van der Waals surface area contributed by atoms with E-state index >= 15 is 0 Å². The van der Waals surface area contributed by atoms with Crippen molar-refractivity contribution < 1.29 is 4.79 Å². The van der Waals surface area contributed by atoms with Gasteiger partial charge in [-0.3, -0.25) is 9.78 Å². The van der Waals surface area contributed by atoms with Crippen LogP contribution in [0.25, 0.3) is 0 Å². The molecule has 3 aromatic rings. The molecule has 3 nitrogen and oxygen atoms in total. The first-order valence-corrected chi connectivity index (χ1v) is 10.0. The molecule has 0 bridgehead atoms. The molecule has 2 unspecified atom stereocenters. The summed E-state index contributed by atoms with van der Waals surface area (Å²) < 4.78 is 0. The van der Waals surface area contributed by atoms with E-state index in [9.17, 15) is 4.79 Å². The van der Waals surface area contributed by atoms with Gasteiger partial charge in [-0.15, -0.1) is 0 Å². The van der Waals surface area contributed by atoms with Crippen molar-refractivity contribution in [3.05, 3.63) is 101 Å². The molecule has 28 heavy (non-hydrogen) atoms. The van der Waals surface area contributed by atoms with Gasteiger partial charge in [0.2, 0.25) is 5.91 Å². The van der Waals surface area contributed by atoms with E-state index in [2.05, 4.69) is 48.3 Å². The van der Waals surface area contributed by atoms with Crippen LogP contribution in [0.15, 0.2) is 79.0 Å². The molecule has 1 heterocycles. The van der Waals surface area contributed by atoms with Gasteiger partial charge in [0.25, 0.3) is 0 Å². The summed E-state index contributed by atoms with van der Waals surface area (Å²) >= 11 is 0. The molecule has 0 saturated heterocycles. The molecular formula is C25H26N2O. The van der Waals surface area contributed by atoms with Crippen molar-refractivity contribution in [3.8, 4) is 0 Å². The molecule has 0 spiro atoms. The Bertz CT molecular complexity index is 924. The third kappa shape index (κ3) is 3.99. The van der Waals surface area contributed by atoms with Gasteiger partial charge in [-0.05, 0) is 54.5 Å². The third-order valence-corrected chi connectivity index (χ3v) is 5.78. The van der Waals surface area contributed by atoms with Gasteiger partial charge < -0.3 is 4.90 Å². The van der Waals surface area contributed by atoms with E-state index in [4.69, 9.17) is 0 Å². The van der Waals surface area contributed by atoms with Gasteiger partial charge in [-0.1, -0.05) is 60.7 Å². The molecule has 0 fully saturated rings. The lowest BCUT2D eigenvalue weighted by Gasteiger charge is -2.30. The van der Waals surface area contributed by atoms with Crippen LogP contribution in [0.1, 0.15) is 54.1 Å². The summed E-state index contributed by atoms with van der Waals surface area (Å²) in [6, 6.07) is 24.6. The summed E-state index contributed by atoms with van der Waals surface area (Å²) in [4.78, 5) is 19.9. The highest BCUT2D eigenvalue weighted by Crippen LogP contribution is 2.36. The van der Waals surface area contributed by atoms with Crippen LogP contribution in [0.2, 0.25) is 0 Å². The van der Waals surface area contributed by atoms with Crippen LogP contribution in [0.4, 0.5) is 0 Å². The smallest absolute Gasteiger partial charge is 0.224 e. The highest BCUT2D eigenvalue weighted by atomic mass is 16.2. The molecule has 2 aromatic carbocycles. The number of aryl methyl sites for hydroxylation is 1. The number of pyridine rings is 1. The summed E-state index contributed by atoms with van der Waals surface area (Å²) in [5, 5.41) is 0. The van der Waals surface area contributed by atoms with Crippen LogP contribution in [0, 0.1) is 0 Å². The van der Waals surface area contributed by atoms with E-state index in [0.29, 0.717) is 18.9 Å². The Balaban J connectivity index is 1.57. The molecule has 0 saturated carbocycles. The van der Waals surface area contributed by atoms with E-state index in [1.807, 2.05) is 41.3 Å². The minimum Gasteiger partial charge on any atom is -0.330 e. The van der Waals surface area contributed by atoms with Crippen LogP contribution in [-0.2, 0) is 17.8 Å². The Morgan fingerprint density at radius 3 is 2.57 bits per heavy atom. The Kier molecular flexibility index (Phi) is 5.52. The number of carbonyl (C=O) groups is 1. The summed E-state index contributed by atoms with van der Waals surface area (Å²) in [5.74, 6) is 0.515. The topological polar surface area (TPSA) is 33.2 Å². The molecule has 0 N–H and O–H groups in total. The fraction of sp³-hybridized carbons (Fsp3) is 0.280. The number of hydrogen-bond donors (Lipinski definition) is 0. The monoisotopic (exact) mass is 370 g/mol. The molecule has 3 heteroatoms. The molecule has 1 aliphatic rings. The average Bonchev–Trinajstić information content (AvgIpc) is 3.16. The Labute approximate surface area is 167 Å². The van der Waals surface area contributed by atoms with Gasteiger partial charge in [-0.2, -0.15) is 0 Å². The predicted octanol–water partition coefficient (Wildman–Crippen LogP) is 5.29. The predicted molar refractivity (Wildman–Crippen MR) is 112 cm³/mol. The first kappa shape index (κ1) is 18.4. The second-order valence-electron chi connectivity index (χ2n) is 7.58. The molecule has 142 valence electrons. The number of amides is 1. The standard InChI is InChI=1S/C25H26N2O/c1-19(24-13-7-8-16-26-24)27(18-20-9-3-2-4-10-20)25(28)17-22-15-14-21-11-5-6-12-23(21)22/h2-13,16,19,22H,14-15,17-18H2,1H3. The van der Waals surface area contributed by atoms with Gasteiger partial charge in [0.15, 0.2) is 0 Å². The van der Waals surface area contributed by atoms with Gasteiger partial charge in [0, 0.05) is 19.2 Å². The average molecular weight is 370 g/mol. The zero-order chi connectivity index (χ0) is 19.3. The van der Waals surface area contributed by atoms with E-state index in [-0.39, 0.29) is 11.9 Å². The van der Waals surface area contributed by atoms with Crippen LogP contribution in [0.5, 0.6) is 0 Å². The first-order valence-electron chi connectivity index (χ1n) is 10.0. The maximum atomic E-state index is 13.4. The highest BCUT2D eigenvalue weighted by Gasteiger charge is 2.29. The second-order valence-corrected chi connectivity index (χ2v) is 7.58. The highest BCUT2D eigenvalue weighted by molar-refractivity contribution is 5.78. The van der Waals surface area contributed by atoms with Crippen molar-refractivity contribution in [2.24, 2.45) is 0 Å². The van der Waals surface area contributed by atoms with Crippen LogP contribution in [0.3, 0.4) is 0 Å². The number of benzene rings is 2. The van der Waals surface area contributed by atoms with Gasteiger partial charge in [-0.25, -0.2) is 0 Å². The van der Waals surface area contributed by atoms with Gasteiger partial charge >= 0.3 is 0 Å². The second kappa shape index (κ2) is 8.39. The van der Waals surface area contributed by atoms with Crippen molar-refractivity contribution in [2.45, 2.75) is 44.7 Å². The fourth-order valence-corrected chi connectivity index (χ4v) is 4.19. The zero-order valence-electron chi connectivity index (χ0n) is 16.3.